The minimum Gasteiger partial charge on any atom is -0.465 e. The van der Waals surface area contributed by atoms with Crippen molar-refractivity contribution in [3.63, 3.8) is 0 Å². The minimum absolute atomic E-state index is 0.0301. The van der Waals surface area contributed by atoms with E-state index in [0.29, 0.717) is 6.47 Å². The summed E-state index contributed by atoms with van der Waals surface area (Å²) in [5, 5.41) is 0. The quantitative estimate of drug-likeness (QED) is 0.537. The van der Waals surface area contributed by atoms with E-state index in [2.05, 4.69) is 18.6 Å². The lowest BCUT2D eigenvalue weighted by molar-refractivity contribution is -0.131. The average Bonchev–Trinajstić information content (AvgIpc) is 1.67. The fourth-order valence-corrected chi connectivity index (χ4v) is 0.111. The molecule has 0 aromatic carbocycles. The third kappa shape index (κ3) is 36.6. The Hall–Kier alpha value is -0.530. The lowest BCUT2D eigenvalue weighted by Crippen LogP contribution is -1.98. The Morgan fingerprint density at radius 1 is 1.44 bits per heavy atom. The van der Waals surface area contributed by atoms with E-state index in [4.69, 9.17) is 0 Å². The Morgan fingerprint density at radius 2 is 1.78 bits per heavy atom. The predicted molar refractivity (Wildman–Crippen MR) is 38.2 cm³/mol. The second kappa shape index (κ2) is 10.5. The van der Waals surface area contributed by atoms with Crippen LogP contribution in [0.4, 0.5) is 0 Å². The molecule has 0 bridgehead atoms. The summed E-state index contributed by atoms with van der Waals surface area (Å²) in [4.78, 5) is 9.39. The van der Waals surface area contributed by atoms with Crippen LogP contribution >= 0.6 is 0 Å². The Labute approximate surface area is 57.2 Å². The van der Waals surface area contributed by atoms with Crippen LogP contribution in [0.1, 0.15) is 34.1 Å². The summed E-state index contributed by atoms with van der Waals surface area (Å²) >= 11 is 0. The molecular weight excluding hydrogens is 116 g/mol. The number of hydrogen-bond acceptors (Lipinski definition) is 2. The molecule has 0 spiro atoms. The van der Waals surface area contributed by atoms with Crippen molar-refractivity contribution < 1.29 is 9.53 Å². The molecule has 0 atom stereocenters. The van der Waals surface area contributed by atoms with Crippen LogP contribution in [-0.2, 0) is 9.53 Å². The SMILES string of the molecule is CC(C)OC=O.CCC. The van der Waals surface area contributed by atoms with Crippen LogP contribution in [0.25, 0.3) is 0 Å². The van der Waals surface area contributed by atoms with Crippen molar-refractivity contribution >= 4 is 6.47 Å². The van der Waals surface area contributed by atoms with E-state index in [-0.39, 0.29) is 6.10 Å². The van der Waals surface area contributed by atoms with Gasteiger partial charge in [-0.3, -0.25) is 4.79 Å². The molecular formula is C7H16O2. The third-order valence-electron chi connectivity index (χ3n) is 0.328. The highest BCUT2D eigenvalue weighted by Crippen LogP contribution is 1.79. The van der Waals surface area contributed by atoms with Crippen molar-refractivity contribution in [1.29, 1.82) is 0 Å². The minimum atomic E-state index is 0.0301. The van der Waals surface area contributed by atoms with Gasteiger partial charge in [0.1, 0.15) is 0 Å². The largest absolute Gasteiger partial charge is 0.465 e. The fourth-order valence-electron chi connectivity index (χ4n) is 0.111. The molecule has 9 heavy (non-hydrogen) atoms. The first-order chi connectivity index (χ1) is 4.18. The highest BCUT2D eigenvalue weighted by atomic mass is 16.5. The van der Waals surface area contributed by atoms with Crippen LogP contribution in [0.3, 0.4) is 0 Å². The van der Waals surface area contributed by atoms with Gasteiger partial charge in [0.2, 0.25) is 0 Å². The van der Waals surface area contributed by atoms with E-state index in [9.17, 15) is 4.79 Å². The van der Waals surface area contributed by atoms with E-state index < -0.39 is 0 Å². The average molecular weight is 132 g/mol. The zero-order chi connectivity index (χ0) is 7.70. The van der Waals surface area contributed by atoms with Crippen LogP contribution < -0.4 is 0 Å². The summed E-state index contributed by atoms with van der Waals surface area (Å²) in [5.74, 6) is 0. The van der Waals surface area contributed by atoms with Crippen molar-refractivity contribution in [2.75, 3.05) is 0 Å². The molecule has 2 nitrogen and oxygen atoms in total. The van der Waals surface area contributed by atoms with E-state index in [1.165, 1.54) is 6.42 Å². The first-order valence-corrected chi connectivity index (χ1v) is 3.28. The topological polar surface area (TPSA) is 26.3 Å². The first kappa shape index (κ1) is 11.3. The molecule has 0 radical (unpaired) electrons. The maximum absolute atomic E-state index is 9.39. The third-order valence-corrected chi connectivity index (χ3v) is 0.328. The molecule has 0 aromatic rings. The summed E-state index contributed by atoms with van der Waals surface area (Å²) < 4.78 is 4.36. The number of ether oxygens (including phenoxy) is 1. The van der Waals surface area contributed by atoms with Gasteiger partial charge in [0, 0.05) is 0 Å². The number of rotatable bonds is 2. The maximum atomic E-state index is 9.39. The van der Waals surface area contributed by atoms with E-state index >= 15 is 0 Å². The summed E-state index contributed by atoms with van der Waals surface area (Å²) in [6.07, 6.45) is 1.28. The molecule has 0 unspecified atom stereocenters. The highest BCUT2D eigenvalue weighted by molar-refractivity contribution is 5.37. The standard InChI is InChI=1S/C4H8O2.C3H8/c1-4(2)6-3-5;1-3-2/h3-4H,1-2H3;3H2,1-2H3. The van der Waals surface area contributed by atoms with Gasteiger partial charge in [-0.15, -0.1) is 0 Å². The van der Waals surface area contributed by atoms with Crippen LogP contribution in [0.15, 0.2) is 0 Å². The molecule has 0 aliphatic rings. The molecule has 56 valence electrons. The maximum Gasteiger partial charge on any atom is 0.293 e. The normalized spacial score (nSPS) is 7.67. The molecule has 0 aromatic heterocycles. The summed E-state index contributed by atoms with van der Waals surface area (Å²) in [6, 6.07) is 0. The lowest BCUT2D eigenvalue weighted by Gasteiger charge is -1.96. The van der Waals surface area contributed by atoms with Gasteiger partial charge in [0.15, 0.2) is 0 Å². The fraction of sp³-hybridized carbons (Fsp3) is 0.857. The van der Waals surface area contributed by atoms with E-state index in [0.717, 1.165) is 0 Å². The molecule has 0 fully saturated rings. The highest BCUT2D eigenvalue weighted by Gasteiger charge is 1.83. The smallest absolute Gasteiger partial charge is 0.293 e. The molecule has 0 amide bonds. The number of carbonyl (C=O) groups is 1. The molecule has 0 aliphatic heterocycles. The van der Waals surface area contributed by atoms with E-state index in [1.807, 2.05) is 0 Å². The van der Waals surface area contributed by atoms with Gasteiger partial charge < -0.3 is 4.74 Å². The van der Waals surface area contributed by atoms with Crippen molar-refractivity contribution in [3.05, 3.63) is 0 Å². The van der Waals surface area contributed by atoms with Crippen LogP contribution in [0, 0.1) is 0 Å². The van der Waals surface area contributed by atoms with E-state index in [1.54, 1.807) is 13.8 Å². The lowest BCUT2D eigenvalue weighted by atomic mass is 10.5. The molecule has 0 saturated heterocycles. The monoisotopic (exact) mass is 132 g/mol. The van der Waals surface area contributed by atoms with Crippen molar-refractivity contribution in [1.82, 2.24) is 0 Å². The summed E-state index contributed by atoms with van der Waals surface area (Å²) in [6.45, 7) is 8.30. The first-order valence-electron chi connectivity index (χ1n) is 3.28. The van der Waals surface area contributed by atoms with Gasteiger partial charge in [-0.2, -0.15) is 0 Å². The molecule has 0 rings (SSSR count). The van der Waals surface area contributed by atoms with Gasteiger partial charge in [-0.05, 0) is 13.8 Å². The Balaban J connectivity index is 0. The Bertz CT molecular complexity index is 50.9. The summed E-state index contributed by atoms with van der Waals surface area (Å²) in [7, 11) is 0. The van der Waals surface area contributed by atoms with Gasteiger partial charge in [-0.25, -0.2) is 0 Å². The van der Waals surface area contributed by atoms with Gasteiger partial charge in [0.05, 0.1) is 6.10 Å². The molecule has 0 aliphatic carbocycles. The second-order valence-electron chi connectivity index (χ2n) is 1.99. The molecule has 2 heteroatoms. The Morgan fingerprint density at radius 3 is 1.78 bits per heavy atom. The van der Waals surface area contributed by atoms with Crippen molar-refractivity contribution in [3.8, 4) is 0 Å². The zero-order valence-electron chi connectivity index (χ0n) is 6.68. The van der Waals surface area contributed by atoms with Gasteiger partial charge >= 0.3 is 0 Å². The molecule has 0 heterocycles. The van der Waals surface area contributed by atoms with Gasteiger partial charge in [0.25, 0.3) is 6.47 Å². The van der Waals surface area contributed by atoms with Gasteiger partial charge in [-0.1, -0.05) is 20.3 Å². The Kier molecular flexibility index (Phi) is 13.1. The predicted octanol–water partition coefficient (Wildman–Crippen LogP) is 1.98. The zero-order valence-corrected chi connectivity index (χ0v) is 6.68. The van der Waals surface area contributed by atoms with Crippen molar-refractivity contribution in [2.45, 2.75) is 40.2 Å². The molecule has 0 saturated carbocycles. The number of hydrogen-bond donors (Lipinski definition) is 0. The summed E-state index contributed by atoms with van der Waals surface area (Å²) in [5.41, 5.74) is 0. The van der Waals surface area contributed by atoms with Crippen LogP contribution in [0.2, 0.25) is 0 Å². The van der Waals surface area contributed by atoms with Crippen LogP contribution in [-0.4, -0.2) is 12.6 Å². The number of carbonyl (C=O) groups excluding carboxylic acids is 1. The van der Waals surface area contributed by atoms with Crippen molar-refractivity contribution in [2.24, 2.45) is 0 Å². The second-order valence-corrected chi connectivity index (χ2v) is 1.99. The molecule has 0 N–H and O–H groups in total. The van der Waals surface area contributed by atoms with Crippen LogP contribution in [0.5, 0.6) is 0 Å².